The summed E-state index contributed by atoms with van der Waals surface area (Å²) in [7, 11) is 0. The first kappa shape index (κ1) is 13.8. The van der Waals surface area contributed by atoms with Gasteiger partial charge in [-0.15, -0.1) is 0 Å². The van der Waals surface area contributed by atoms with Crippen LogP contribution in [0.1, 0.15) is 26.2 Å². The summed E-state index contributed by atoms with van der Waals surface area (Å²) in [6, 6.07) is 7.32. The Hall–Kier alpha value is -1.22. The zero-order valence-corrected chi connectivity index (χ0v) is 10.8. The molecule has 0 atom stereocenters. The van der Waals surface area contributed by atoms with Gasteiger partial charge in [0.05, 0.1) is 0 Å². The number of benzene rings is 1. The van der Waals surface area contributed by atoms with Crippen LogP contribution in [0.2, 0.25) is 5.02 Å². The Bertz CT molecular complexity index is 368. The van der Waals surface area contributed by atoms with Gasteiger partial charge in [-0.1, -0.05) is 37.4 Å². The second-order valence-electron chi connectivity index (χ2n) is 4.00. The van der Waals surface area contributed by atoms with Crippen LogP contribution in [0.4, 0.5) is 5.69 Å². The van der Waals surface area contributed by atoms with E-state index in [0.29, 0.717) is 5.02 Å². The van der Waals surface area contributed by atoms with E-state index in [-0.39, 0.29) is 6.54 Å². The van der Waals surface area contributed by atoms with E-state index < -0.39 is 5.97 Å². The Morgan fingerprint density at radius 3 is 2.76 bits per heavy atom. The van der Waals surface area contributed by atoms with Gasteiger partial charge in [-0.2, -0.15) is 0 Å². The third-order valence-electron chi connectivity index (χ3n) is 2.53. The van der Waals surface area contributed by atoms with Gasteiger partial charge < -0.3 is 10.0 Å². The van der Waals surface area contributed by atoms with Crippen LogP contribution < -0.4 is 4.90 Å². The normalized spacial score (nSPS) is 10.2. The molecular formula is C13H18ClNO2. The van der Waals surface area contributed by atoms with E-state index in [9.17, 15) is 4.79 Å². The molecule has 0 spiro atoms. The predicted molar refractivity (Wildman–Crippen MR) is 70.8 cm³/mol. The third-order valence-corrected chi connectivity index (χ3v) is 2.77. The number of nitrogens with zero attached hydrogens (tertiary/aromatic N) is 1. The minimum atomic E-state index is -0.818. The van der Waals surface area contributed by atoms with Crippen molar-refractivity contribution in [3.05, 3.63) is 29.3 Å². The molecule has 1 aromatic rings. The summed E-state index contributed by atoms with van der Waals surface area (Å²) in [5, 5.41) is 9.53. The van der Waals surface area contributed by atoms with Crippen molar-refractivity contribution < 1.29 is 9.90 Å². The molecule has 0 aliphatic rings. The Morgan fingerprint density at radius 1 is 1.41 bits per heavy atom. The van der Waals surface area contributed by atoms with Crippen molar-refractivity contribution in [2.24, 2.45) is 0 Å². The molecule has 17 heavy (non-hydrogen) atoms. The quantitative estimate of drug-likeness (QED) is 0.759. The molecule has 0 aliphatic heterocycles. The van der Waals surface area contributed by atoms with Crippen molar-refractivity contribution in [3.63, 3.8) is 0 Å². The van der Waals surface area contributed by atoms with E-state index in [1.165, 1.54) is 0 Å². The first-order valence-electron chi connectivity index (χ1n) is 5.85. The average Bonchev–Trinajstić information content (AvgIpc) is 2.27. The fraction of sp³-hybridized carbons (Fsp3) is 0.462. The van der Waals surface area contributed by atoms with Crippen LogP contribution in [0, 0.1) is 0 Å². The number of carboxylic acids is 1. The molecule has 0 bridgehead atoms. The number of hydrogen-bond donors (Lipinski definition) is 1. The number of anilines is 1. The highest BCUT2D eigenvalue weighted by atomic mass is 35.5. The van der Waals surface area contributed by atoms with E-state index in [2.05, 4.69) is 6.92 Å². The van der Waals surface area contributed by atoms with Crippen LogP contribution in [-0.2, 0) is 4.79 Å². The minimum absolute atomic E-state index is 0.0179. The van der Waals surface area contributed by atoms with Gasteiger partial charge >= 0.3 is 5.97 Å². The summed E-state index contributed by atoms with van der Waals surface area (Å²) in [5.41, 5.74) is 0.871. The van der Waals surface area contributed by atoms with E-state index >= 15 is 0 Å². The molecule has 4 heteroatoms. The predicted octanol–water partition coefficient (Wildman–Crippen LogP) is 3.42. The molecule has 0 aromatic heterocycles. The van der Waals surface area contributed by atoms with Crippen molar-refractivity contribution >= 4 is 23.3 Å². The zero-order chi connectivity index (χ0) is 12.7. The minimum Gasteiger partial charge on any atom is -0.480 e. The highest BCUT2D eigenvalue weighted by molar-refractivity contribution is 6.30. The molecule has 0 saturated heterocycles. The van der Waals surface area contributed by atoms with Gasteiger partial charge in [0.2, 0.25) is 0 Å². The third kappa shape index (κ3) is 5.09. The van der Waals surface area contributed by atoms with Gasteiger partial charge in [-0.25, -0.2) is 0 Å². The summed E-state index contributed by atoms with van der Waals surface area (Å²) in [6.07, 6.45) is 3.23. The van der Waals surface area contributed by atoms with E-state index in [1.54, 1.807) is 12.1 Å². The molecule has 1 rings (SSSR count). The highest BCUT2D eigenvalue weighted by Gasteiger charge is 2.10. The Kier molecular flexibility index (Phi) is 5.84. The summed E-state index contributed by atoms with van der Waals surface area (Å²) in [6.45, 7) is 2.89. The molecule has 1 aromatic carbocycles. The van der Waals surface area contributed by atoms with Crippen LogP contribution >= 0.6 is 11.6 Å². The van der Waals surface area contributed by atoms with Crippen molar-refractivity contribution in [1.29, 1.82) is 0 Å². The zero-order valence-electron chi connectivity index (χ0n) is 10.0. The van der Waals surface area contributed by atoms with Crippen molar-refractivity contribution in [2.45, 2.75) is 26.2 Å². The first-order valence-corrected chi connectivity index (χ1v) is 6.23. The number of carboxylic acid groups (broad SMARTS) is 1. The van der Waals surface area contributed by atoms with E-state index in [1.807, 2.05) is 17.0 Å². The Balaban J connectivity index is 2.70. The van der Waals surface area contributed by atoms with Gasteiger partial charge in [-0.3, -0.25) is 4.79 Å². The SMILES string of the molecule is CCCCCN(CC(=O)O)c1cccc(Cl)c1. The fourth-order valence-electron chi connectivity index (χ4n) is 1.69. The Labute approximate surface area is 107 Å². The van der Waals surface area contributed by atoms with Gasteiger partial charge in [0.15, 0.2) is 0 Å². The largest absolute Gasteiger partial charge is 0.480 e. The molecule has 0 fully saturated rings. The van der Waals surface area contributed by atoms with E-state index in [4.69, 9.17) is 16.7 Å². The summed E-state index contributed by atoms with van der Waals surface area (Å²) in [4.78, 5) is 12.7. The van der Waals surface area contributed by atoms with Crippen LogP contribution in [0.5, 0.6) is 0 Å². The van der Waals surface area contributed by atoms with Crippen molar-refractivity contribution in [1.82, 2.24) is 0 Å². The second kappa shape index (κ2) is 7.17. The summed E-state index contributed by atoms with van der Waals surface area (Å²) < 4.78 is 0. The van der Waals surface area contributed by atoms with Crippen molar-refractivity contribution in [2.75, 3.05) is 18.0 Å². The van der Waals surface area contributed by atoms with Gasteiger partial charge in [0, 0.05) is 17.3 Å². The van der Waals surface area contributed by atoms with Crippen LogP contribution in [0.15, 0.2) is 24.3 Å². The molecule has 0 unspecified atom stereocenters. The second-order valence-corrected chi connectivity index (χ2v) is 4.44. The van der Waals surface area contributed by atoms with Crippen LogP contribution in [-0.4, -0.2) is 24.2 Å². The van der Waals surface area contributed by atoms with Gasteiger partial charge in [-0.05, 0) is 24.6 Å². The number of carbonyl (C=O) groups is 1. The monoisotopic (exact) mass is 255 g/mol. The molecule has 0 saturated carbocycles. The molecule has 94 valence electrons. The van der Waals surface area contributed by atoms with Crippen LogP contribution in [0.3, 0.4) is 0 Å². The molecular weight excluding hydrogens is 238 g/mol. The molecule has 0 radical (unpaired) electrons. The smallest absolute Gasteiger partial charge is 0.323 e. The number of halogens is 1. The lowest BCUT2D eigenvalue weighted by atomic mass is 10.2. The summed E-state index contributed by atoms with van der Waals surface area (Å²) >= 11 is 5.91. The molecule has 1 N–H and O–H groups in total. The lowest BCUT2D eigenvalue weighted by molar-refractivity contribution is -0.135. The summed E-state index contributed by atoms with van der Waals surface area (Å²) in [5.74, 6) is -0.818. The lowest BCUT2D eigenvalue weighted by Crippen LogP contribution is -2.30. The topological polar surface area (TPSA) is 40.5 Å². The number of hydrogen-bond acceptors (Lipinski definition) is 2. The van der Waals surface area contributed by atoms with E-state index in [0.717, 1.165) is 31.5 Å². The average molecular weight is 256 g/mol. The maximum atomic E-state index is 10.8. The molecule has 0 aliphatic carbocycles. The fourth-order valence-corrected chi connectivity index (χ4v) is 1.87. The Morgan fingerprint density at radius 2 is 2.18 bits per heavy atom. The van der Waals surface area contributed by atoms with Crippen LogP contribution in [0.25, 0.3) is 0 Å². The number of aliphatic carboxylic acids is 1. The lowest BCUT2D eigenvalue weighted by Gasteiger charge is -2.22. The first-order chi connectivity index (χ1) is 8.13. The number of unbranched alkanes of at least 4 members (excludes halogenated alkanes) is 2. The standard InChI is InChI=1S/C13H18ClNO2/c1-2-3-4-8-15(10-13(16)17)12-7-5-6-11(14)9-12/h5-7,9H,2-4,8,10H2,1H3,(H,16,17). The molecule has 0 heterocycles. The highest BCUT2D eigenvalue weighted by Crippen LogP contribution is 2.19. The molecule has 3 nitrogen and oxygen atoms in total. The number of rotatable bonds is 7. The van der Waals surface area contributed by atoms with Gasteiger partial charge in [0.25, 0.3) is 0 Å². The maximum Gasteiger partial charge on any atom is 0.323 e. The maximum absolute atomic E-state index is 10.8. The molecule has 0 amide bonds. The van der Waals surface area contributed by atoms with Crippen molar-refractivity contribution in [3.8, 4) is 0 Å². The van der Waals surface area contributed by atoms with Gasteiger partial charge in [0.1, 0.15) is 6.54 Å².